The first kappa shape index (κ1) is 28.0. The van der Waals surface area contributed by atoms with Gasteiger partial charge in [0.25, 0.3) is 0 Å². The van der Waals surface area contributed by atoms with Gasteiger partial charge in [-0.05, 0) is 55.4 Å². The highest BCUT2D eigenvalue weighted by atomic mass is 31.2. The summed E-state index contributed by atoms with van der Waals surface area (Å²) in [6.45, 7) is 4.23. The molecule has 194 valence electrons. The molecule has 1 unspecified atom stereocenters. The van der Waals surface area contributed by atoms with Gasteiger partial charge in [-0.15, -0.1) is 0 Å². The first-order chi connectivity index (χ1) is 17.4. The van der Waals surface area contributed by atoms with Crippen molar-refractivity contribution in [3.8, 4) is 11.1 Å². The molecule has 1 heterocycles. The third-order valence-corrected chi connectivity index (χ3v) is 7.19. The summed E-state index contributed by atoms with van der Waals surface area (Å²) in [5, 5.41) is 13.4. The van der Waals surface area contributed by atoms with E-state index >= 15 is 0 Å². The van der Waals surface area contributed by atoms with Gasteiger partial charge in [-0.2, -0.15) is 0 Å². The van der Waals surface area contributed by atoms with Crippen molar-refractivity contribution in [3.05, 3.63) is 65.9 Å². The van der Waals surface area contributed by atoms with Crippen molar-refractivity contribution in [1.29, 1.82) is 0 Å². The Bertz CT molecular complexity index is 1190. The van der Waals surface area contributed by atoms with E-state index in [1.54, 1.807) is 20.0 Å². The molecule has 8 nitrogen and oxygen atoms in total. The van der Waals surface area contributed by atoms with Crippen molar-refractivity contribution < 1.29 is 28.0 Å². The molecule has 0 aliphatic carbocycles. The van der Waals surface area contributed by atoms with Gasteiger partial charge in [0.1, 0.15) is 0 Å². The van der Waals surface area contributed by atoms with E-state index in [2.05, 4.69) is 10.3 Å². The van der Waals surface area contributed by atoms with E-state index in [1.807, 2.05) is 48.5 Å². The van der Waals surface area contributed by atoms with E-state index in [0.29, 0.717) is 25.8 Å². The van der Waals surface area contributed by atoms with Gasteiger partial charge in [-0.25, -0.2) is 4.57 Å². The number of unbranched alkanes of at least 4 members (excludes halogenated alkanes) is 1. The Hall–Kier alpha value is -2.61. The summed E-state index contributed by atoms with van der Waals surface area (Å²) < 4.78 is 27.7. The van der Waals surface area contributed by atoms with Gasteiger partial charge in [0.05, 0.1) is 24.6 Å². The second-order valence-corrected chi connectivity index (χ2v) is 10.4. The molecule has 0 radical (unpaired) electrons. The van der Waals surface area contributed by atoms with Gasteiger partial charge >= 0.3 is 7.82 Å². The van der Waals surface area contributed by atoms with Crippen molar-refractivity contribution in [2.24, 2.45) is 0 Å². The van der Waals surface area contributed by atoms with E-state index in [0.717, 1.165) is 33.2 Å². The zero-order chi connectivity index (χ0) is 26.0. The van der Waals surface area contributed by atoms with E-state index in [4.69, 9.17) is 13.6 Å². The quantitative estimate of drug-likeness (QED) is 0.228. The lowest BCUT2D eigenvalue weighted by molar-refractivity contribution is -0.120. The van der Waals surface area contributed by atoms with Crippen LogP contribution in [0.4, 0.5) is 0 Å². The largest absolute Gasteiger partial charge is 0.474 e. The molecule has 1 atom stereocenters. The van der Waals surface area contributed by atoms with Crippen LogP contribution in [-0.4, -0.2) is 49.0 Å². The number of nitrogens with zero attached hydrogens (tertiary/aromatic N) is 1. The van der Waals surface area contributed by atoms with Crippen molar-refractivity contribution >= 4 is 24.6 Å². The minimum absolute atomic E-state index is 0.0461. The lowest BCUT2D eigenvalue weighted by atomic mass is 9.93. The molecule has 1 amide bonds. The Labute approximate surface area is 212 Å². The Morgan fingerprint density at radius 3 is 2.56 bits per heavy atom. The molecule has 3 rings (SSSR count). The highest BCUT2D eigenvalue weighted by Crippen LogP contribution is 2.49. The Morgan fingerprint density at radius 2 is 1.86 bits per heavy atom. The van der Waals surface area contributed by atoms with E-state index < -0.39 is 7.82 Å². The standard InChI is InChI=1S/C27H35N2O6P/c1-20(2)35-36(32,33-3)34-17-8-7-15-28-25(31)18-23-19-29-27-22(14-16-30)12-9-13-24(27)26(23)21-10-5-4-6-11-21/h4-6,9-13,19-20,30H,7-8,14-18H2,1-3H3,(H,28,31). The zero-order valence-corrected chi connectivity index (χ0v) is 22.0. The summed E-state index contributed by atoms with van der Waals surface area (Å²) in [6.07, 6.45) is 3.44. The minimum Gasteiger partial charge on any atom is -0.396 e. The van der Waals surface area contributed by atoms with Crippen LogP contribution in [0.25, 0.3) is 22.0 Å². The molecule has 0 aliphatic rings. The van der Waals surface area contributed by atoms with Gasteiger partial charge in [-0.1, -0.05) is 48.5 Å². The number of aromatic nitrogens is 1. The molecule has 0 bridgehead atoms. The average molecular weight is 515 g/mol. The fraction of sp³-hybridized carbons (Fsp3) is 0.407. The van der Waals surface area contributed by atoms with Crippen LogP contribution >= 0.6 is 7.82 Å². The van der Waals surface area contributed by atoms with Gasteiger partial charge in [0, 0.05) is 31.8 Å². The molecule has 0 fully saturated rings. The van der Waals surface area contributed by atoms with Crippen LogP contribution in [0, 0.1) is 0 Å². The summed E-state index contributed by atoms with van der Waals surface area (Å²) in [7, 11) is -2.25. The summed E-state index contributed by atoms with van der Waals surface area (Å²) >= 11 is 0. The summed E-state index contributed by atoms with van der Waals surface area (Å²) in [6, 6.07) is 15.9. The summed E-state index contributed by atoms with van der Waals surface area (Å²) in [5.41, 5.74) is 4.63. The van der Waals surface area contributed by atoms with Crippen LogP contribution < -0.4 is 5.32 Å². The SMILES string of the molecule is COP(=O)(OCCCCNC(=O)Cc1cnc2c(CCO)cccc2c1-c1ccccc1)OC(C)C. The van der Waals surface area contributed by atoms with E-state index in [1.165, 1.54) is 7.11 Å². The monoisotopic (exact) mass is 514 g/mol. The van der Waals surface area contributed by atoms with Crippen molar-refractivity contribution in [1.82, 2.24) is 10.3 Å². The number of carbonyl (C=O) groups is 1. The minimum atomic E-state index is -3.54. The molecule has 3 aromatic rings. The van der Waals surface area contributed by atoms with Crippen LogP contribution in [0.3, 0.4) is 0 Å². The highest BCUT2D eigenvalue weighted by Gasteiger charge is 2.26. The lowest BCUT2D eigenvalue weighted by Gasteiger charge is -2.18. The normalized spacial score (nSPS) is 13.1. The van der Waals surface area contributed by atoms with Crippen LogP contribution in [0.15, 0.2) is 54.7 Å². The molecule has 0 saturated heterocycles. The second kappa shape index (κ2) is 13.6. The van der Waals surface area contributed by atoms with Crippen LogP contribution in [0.1, 0.15) is 37.8 Å². The third kappa shape index (κ3) is 7.69. The van der Waals surface area contributed by atoms with E-state index in [-0.39, 0.29) is 31.6 Å². The molecule has 0 spiro atoms. The van der Waals surface area contributed by atoms with Gasteiger partial charge in [-0.3, -0.25) is 23.3 Å². The van der Waals surface area contributed by atoms with Crippen LogP contribution in [-0.2, 0) is 35.8 Å². The molecule has 2 N–H and O–H groups in total. The Morgan fingerprint density at radius 1 is 1.08 bits per heavy atom. The molecular weight excluding hydrogens is 479 g/mol. The predicted octanol–water partition coefficient (Wildman–Crippen LogP) is 5.07. The number of aliphatic hydroxyl groups excluding tert-OH is 1. The first-order valence-electron chi connectivity index (χ1n) is 12.2. The molecule has 9 heteroatoms. The number of pyridine rings is 1. The molecule has 2 aromatic carbocycles. The van der Waals surface area contributed by atoms with Crippen LogP contribution in [0.5, 0.6) is 0 Å². The van der Waals surface area contributed by atoms with Crippen molar-refractivity contribution in [3.63, 3.8) is 0 Å². The summed E-state index contributed by atoms with van der Waals surface area (Å²) in [4.78, 5) is 17.4. The molecule has 36 heavy (non-hydrogen) atoms. The fourth-order valence-corrected chi connectivity index (χ4v) is 5.10. The fourth-order valence-electron chi connectivity index (χ4n) is 3.98. The topological polar surface area (TPSA) is 107 Å². The number of rotatable bonds is 14. The smallest absolute Gasteiger partial charge is 0.396 e. The summed E-state index contributed by atoms with van der Waals surface area (Å²) in [5.74, 6) is -0.105. The van der Waals surface area contributed by atoms with Gasteiger partial charge < -0.3 is 10.4 Å². The number of aliphatic hydroxyl groups is 1. The number of hydrogen-bond donors (Lipinski definition) is 2. The van der Waals surface area contributed by atoms with Crippen molar-refractivity contribution in [2.75, 3.05) is 26.9 Å². The van der Waals surface area contributed by atoms with Gasteiger partial charge in [0.15, 0.2) is 0 Å². The first-order valence-corrected chi connectivity index (χ1v) is 13.6. The number of hydrogen-bond acceptors (Lipinski definition) is 7. The van der Waals surface area contributed by atoms with E-state index in [9.17, 15) is 14.5 Å². The number of benzene rings is 2. The number of phosphoric ester groups is 1. The number of fused-ring (bicyclic) bond motifs is 1. The number of nitrogens with one attached hydrogen (secondary N) is 1. The third-order valence-electron chi connectivity index (χ3n) is 5.56. The number of carbonyl (C=O) groups excluding carboxylic acids is 1. The molecular formula is C27H35N2O6P. The predicted molar refractivity (Wildman–Crippen MR) is 141 cm³/mol. The van der Waals surface area contributed by atoms with Crippen LogP contribution in [0.2, 0.25) is 0 Å². The molecule has 0 saturated carbocycles. The maximum atomic E-state index is 12.8. The number of para-hydroxylation sites is 1. The Kier molecular flexibility index (Phi) is 10.6. The number of phosphoric acid groups is 1. The zero-order valence-electron chi connectivity index (χ0n) is 21.1. The average Bonchev–Trinajstić information content (AvgIpc) is 2.86. The lowest BCUT2D eigenvalue weighted by Crippen LogP contribution is -2.26. The van der Waals surface area contributed by atoms with Gasteiger partial charge in [0.2, 0.25) is 5.91 Å². The maximum Gasteiger partial charge on any atom is 0.474 e. The van der Waals surface area contributed by atoms with Crippen molar-refractivity contribution in [2.45, 2.75) is 45.6 Å². The number of amides is 1. The highest BCUT2D eigenvalue weighted by molar-refractivity contribution is 7.48. The Balaban J connectivity index is 1.64. The maximum absolute atomic E-state index is 12.8. The second-order valence-electron chi connectivity index (χ2n) is 8.66. The molecule has 1 aromatic heterocycles. The molecule has 0 aliphatic heterocycles.